The molecule has 0 heterocycles. The average Bonchev–Trinajstić information content (AvgIpc) is 2.97. The van der Waals surface area contributed by atoms with E-state index in [9.17, 15) is 18.0 Å². The van der Waals surface area contributed by atoms with Crippen LogP contribution in [0.4, 0.5) is 5.69 Å². The predicted molar refractivity (Wildman–Crippen MR) is 173 cm³/mol. The summed E-state index contributed by atoms with van der Waals surface area (Å²) in [7, 11) is -4.14. The molecule has 1 aliphatic carbocycles. The lowest BCUT2D eigenvalue weighted by molar-refractivity contribution is -0.139. The zero-order valence-electron chi connectivity index (χ0n) is 25.1. The first kappa shape index (κ1) is 32.8. The summed E-state index contributed by atoms with van der Waals surface area (Å²) in [6.45, 7) is 6.83. The van der Waals surface area contributed by atoms with E-state index in [1.165, 1.54) is 4.90 Å². The largest absolute Gasteiger partial charge is 0.352 e. The molecule has 0 aliphatic heterocycles. The Morgan fingerprint density at radius 1 is 0.884 bits per heavy atom. The molecule has 2 amide bonds. The number of hydrogen-bond acceptors (Lipinski definition) is 4. The Hall–Kier alpha value is -3.07. The molecule has 1 N–H and O–H groups in total. The Kier molecular flexibility index (Phi) is 10.8. The molecular formula is C33H39Cl2N3O4S. The first-order chi connectivity index (χ1) is 20.4. The maximum atomic E-state index is 14.2. The third-order valence-corrected chi connectivity index (χ3v) is 10.5. The first-order valence-corrected chi connectivity index (χ1v) is 16.8. The van der Waals surface area contributed by atoms with Gasteiger partial charge >= 0.3 is 0 Å². The highest BCUT2D eigenvalue weighted by Crippen LogP contribution is 2.29. The van der Waals surface area contributed by atoms with Gasteiger partial charge < -0.3 is 10.2 Å². The number of benzene rings is 3. The molecule has 3 aromatic rings. The van der Waals surface area contributed by atoms with Crippen LogP contribution >= 0.6 is 23.2 Å². The number of nitrogens with zero attached hydrogens (tertiary/aromatic N) is 2. The number of anilines is 1. The highest BCUT2D eigenvalue weighted by Gasteiger charge is 2.34. The summed E-state index contributed by atoms with van der Waals surface area (Å²) >= 11 is 12.4. The van der Waals surface area contributed by atoms with Crippen LogP contribution in [-0.4, -0.2) is 43.8 Å². The summed E-state index contributed by atoms with van der Waals surface area (Å²) in [5.74, 6) is -0.798. The molecule has 3 aromatic carbocycles. The van der Waals surface area contributed by atoms with Crippen molar-refractivity contribution in [3.63, 3.8) is 0 Å². The van der Waals surface area contributed by atoms with E-state index in [4.69, 9.17) is 23.2 Å². The number of halogens is 2. The van der Waals surface area contributed by atoms with Gasteiger partial charge in [0.2, 0.25) is 11.8 Å². The van der Waals surface area contributed by atoms with E-state index in [2.05, 4.69) is 5.32 Å². The highest BCUT2D eigenvalue weighted by atomic mass is 35.5. The van der Waals surface area contributed by atoms with E-state index in [1.807, 2.05) is 32.9 Å². The van der Waals surface area contributed by atoms with E-state index >= 15 is 0 Å². The van der Waals surface area contributed by atoms with E-state index in [0.717, 1.165) is 47.5 Å². The van der Waals surface area contributed by atoms with Gasteiger partial charge in [0.1, 0.15) is 12.6 Å². The van der Waals surface area contributed by atoms with Gasteiger partial charge in [0.25, 0.3) is 10.0 Å². The van der Waals surface area contributed by atoms with Gasteiger partial charge in [-0.05, 0) is 82.0 Å². The van der Waals surface area contributed by atoms with Crippen molar-refractivity contribution in [2.45, 2.75) is 83.3 Å². The number of carbonyl (C=O) groups is 2. The normalized spacial score (nSPS) is 14.7. The van der Waals surface area contributed by atoms with Gasteiger partial charge in [0.05, 0.1) is 20.6 Å². The number of carbonyl (C=O) groups excluding carboxylic acids is 2. The fourth-order valence-electron chi connectivity index (χ4n) is 5.42. The molecule has 0 bridgehead atoms. The van der Waals surface area contributed by atoms with Crippen LogP contribution in [-0.2, 0) is 26.2 Å². The second-order valence-corrected chi connectivity index (χ2v) is 14.1. The first-order valence-electron chi connectivity index (χ1n) is 14.6. The second kappa shape index (κ2) is 14.1. The SMILES string of the molecule is Cc1ccc(S(=O)(=O)N(CC(=O)N(Cc2ccc(Cl)c(Cl)c2)[C@@H](C)C(=O)NC2CCCCC2)c2ccc(C)cc2C)cc1. The minimum Gasteiger partial charge on any atom is -0.352 e. The third-order valence-electron chi connectivity index (χ3n) is 7.96. The van der Waals surface area contributed by atoms with Crippen molar-refractivity contribution < 1.29 is 18.0 Å². The molecule has 1 aliphatic rings. The number of sulfonamides is 1. The van der Waals surface area contributed by atoms with E-state index in [0.29, 0.717) is 26.9 Å². The van der Waals surface area contributed by atoms with Crippen LogP contribution in [0, 0.1) is 20.8 Å². The third kappa shape index (κ3) is 8.11. The van der Waals surface area contributed by atoms with Gasteiger partial charge in [-0.1, -0.05) is 83.9 Å². The maximum Gasteiger partial charge on any atom is 0.264 e. The van der Waals surface area contributed by atoms with Crippen molar-refractivity contribution in [3.05, 3.63) is 93.0 Å². The number of aryl methyl sites for hydroxylation is 3. The Morgan fingerprint density at radius 2 is 1.53 bits per heavy atom. The minimum atomic E-state index is -4.14. The Morgan fingerprint density at radius 3 is 2.16 bits per heavy atom. The van der Waals surface area contributed by atoms with Crippen molar-refractivity contribution in [1.29, 1.82) is 0 Å². The maximum absolute atomic E-state index is 14.2. The molecule has 0 radical (unpaired) electrons. The molecule has 1 atom stereocenters. The quantitative estimate of drug-likeness (QED) is 0.258. The van der Waals surface area contributed by atoms with Crippen molar-refractivity contribution in [2.24, 2.45) is 0 Å². The lowest BCUT2D eigenvalue weighted by atomic mass is 9.95. The van der Waals surface area contributed by atoms with Gasteiger partial charge in [-0.15, -0.1) is 0 Å². The van der Waals surface area contributed by atoms with Crippen LogP contribution in [0.25, 0.3) is 0 Å². The Balaban J connectivity index is 1.71. The fourth-order valence-corrected chi connectivity index (χ4v) is 7.22. The summed E-state index contributed by atoms with van der Waals surface area (Å²) in [5, 5.41) is 3.81. The van der Waals surface area contributed by atoms with Crippen molar-refractivity contribution in [2.75, 3.05) is 10.8 Å². The molecule has 1 saturated carbocycles. The van der Waals surface area contributed by atoms with Crippen LogP contribution < -0.4 is 9.62 Å². The van der Waals surface area contributed by atoms with Crippen LogP contribution in [0.15, 0.2) is 65.6 Å². The van der Waals surface area contributed by atoms with Gasteiger partial charge in [0.15, 0.2) is 0 Å². The molecule has 1 fully saturated rings. The molecule has 10 heteroatoms. The summed E-state index contributed by atoms with van der Waals surface area (Å²) in [6.07, 6.45) is 5.04. The van der Waals surface area contributed by atoms with Crippen molar-refractivity contribution in [1.82, 2.24) is 10.2 Å². The van der Waals surface area contributed by atoms with Crippen LogP contribution in [0.5, 0.6) is 0 Å². The molecule has 43 heavy (non-hydrogen) atoms. The zero-order valence-corrected chi connectivity index (χ0v) is 27.4. The lowest BCUT2D eigenvalue weighted by Gasteiger charge is -2.33. The average molecular weight is 645 g/mol. The van der Waals surface area contributed by atoms with Crippen LogP contribution in [0.3, 0.4) is 0 Å². The molecule has 0 unspecified atom stereocenters. The number of amides is 2. The smallest absolute Gasteiger partial charge is 0.264 e. The molecule has 0 saturated heterocycles. The van der Waals surface area contributed by atoms with E-state index < -0.39 is 28.5 Å². The number of nitrogens with one attached hydrogen (secondary N) is 1. The summed E-state index contributed by atoms with van der Waals surface area (Å²) in [5.41, 5.74) is 3.66. The molecule has 0 aromatic heterocycles. The summed E-state index contributed by atoms with van der Waals surface area (Å²) < 4.78 is 29.3. The fraction of sp³-hybridized carbons (Fsp3) is 0.394. The highest BCUT2D eigenvalue weighted by molar-refractivity contribution is 7.92. The van der Waals surface area contributed by atoms with Crippen LogP contribution in [0.1, 0.15) is 61.3 Å². The molecule has 7 nitrogen and oxygen atoms in total. The number of rotatable bonds is 10. The molecular weight excluding hydrogens is 605 g/mol. The van der Waals surface area contributed by atoms with E-state index in [1.54, 1.807) is 55.5 Å². The Labute approximate surface area is 265 Å². The number of hydrogen-bond donors (Lipinski definition) is 1. The zero-order chi connectivity index (χ0) is 31.3. The van der Waals surface area contributed by atoms with Gasteiger partial charge in [-0.2, -0.15) is 0 Å². The predicted octanol–water partition coefficient (Wildman–Crippen LogP) is 6.98. The second-order valence-electron chi connectivity index (χ2n) is 11.4. The summed E-state index contributed by atoms with van der Waals surface area (Å²) in [6, 6.07) is 16.2. The monoisotopic (exact) mass is 643 g/mol. The Bertz CT molecular complexity index is 1570. The van der Waals surface area contributed by atoms with Gasteiger partial charge in [0, 0.05) is 12.6 Å². The standard InChI is InChI=1S/C33H39Cl2N3O4S/c1-22-10-14-28(15-11-22)43(41,42)38(31-17-12-23(2)18-24(31)3)21-32(39)37(20-26-13-16-29(34)30(35)19-26)25(4)33(40)36-27-8-6-5-7-9-27/h10-19,25,27H,5-9,20-21H2,1-4H3,(H,36,40)/t25-/m0/s1. The lowest BCUT2D eigenvalue weighted by Crippen LogP contribution is -2.53. The summed E-state index contributed by atoms with van der Waals surface area (Å²) in [4.78, 5) is 29.2. The molecule has 0 spiro atoms. The van der Waals surface area contributed by atoms with Crippen LogP contribution in [0.2, 0.25) is 10.0 Å². The van der Waals surface area contributed by atoms with Gasteiger partial charge in [-0.25, -0.2) is 8.42 Å². The van der Waals surface area contributed by atoms with E-state index in [-0.39, 0.29) is 23.4 Å². The van der Waals surface area contributed by atoms with Crippen molar-refractivity contribution in [3.8, 4) is 0 Å². The topological polar surface area (TPSA) is 86.8 Å². The molecule has 4 rings (SSSR count). The van der Waals surface area contributed by atoms with Gasteiger partial charge in [-0.3, -0.25) is 13.9 Å². The minimum absolute atomic E-state index is 0.0419. The van der Waals surface area contributed by atoms with Crippen molar-refractivity contribution >= 4 is 50.7 Å². The molecule has 230 valence electrons.